The molecule has 0 radical (unpaired) electrons. The van der Waals surface area contributed by atoms with Crippen molar-refractivity contribution in [2.45, 2.75) is 6.18 Å². The van der Waals surface area contributed by atoms with Crippen LogP contribution >= 0.6 is 0 Å². The second-order valence-corrected chi connectivity index (χ2v) is 4.55. The van der Waals surface area contributed by atoms with E-state index in [-0.39, 0.29) is 0 Å². The van der Waals surface area contributed by atoms with Gasteiger partial charge in [0, 0.05) is 6.07 Å². The summed E-state index contributed by atoms with van der Waals surface area (Å²) in [6, 6.07) is 1.39. The normalized spacial score (nSPS) is 11.3. The van der Waals surface area contributed by atoms with E-state index in [1.54, 1.807) is 0 Å². The number of carboxylic acid groups (broad SMARTS) is 1. The van der Waals surface area contributed by atoms with E-state index < -0.39 is 59.3 Å². The predicted molar refractivity (Wildman–Crippen MR) is 72.8 cm³/mol. The van der Waals surface area contributed by atoms with E-state index in [2.05, 4.69) is 9.97 Å². The molecule has 0 atom stereocenters. The molecule has 0 spiro atoms. The zero-order valence-corrected chi connectivity index (χ0v) is 12.0. The highest BCUT2D eigenvalue weighted by atomic mass is 19.4. The van der Waals surface area contributed by atoms with Gasteiger partial charge < -0.3 is 15.7 Å². The highest BCUT2D eigenvalue weighted by Gasteiger charge is 2.34. The number of halogens is 6. The van der Waals surface area contributed by atoms with Crippen molar-refractivity contribution in [1.82, 2.24) is 9.97 Å². The lowest BCUT2D eigenvalue weighted by Gasteiger charge is -2.13. The van der Waals surface area contributed by atoms with Crippen molar-refractivity contribution in [2.24, 2.45) is 0 Å². The third kappa shape index (κ3) is 4.49. The van der Waals surface area contributed by atoms with E-state index >= 15 is 0 Å². The van der Waals surface area contributed by atoms with Crippen LogP contribution in [0.3, 0.4) is 0 Å². The highest BCUT2D eigenvalue weighted by molar-refractivity contribution is 5.72. The molecule has 2 rings (SSSR count). The molecule has 0 amide bonds. The standard InChI is InChI=1S/C13H8F6N4O2/c14-5-1-2-6(15)11(10(5)16)22-8-3-7(13(17,18)19)21-12(23-8)20-4-9(24)25/h1-3H,4H2,(H,24,25)(H2,20,21,22,23). The Bertz CT molecular complexity index is 812. The number of hydrogen-bond acceptors (Lipinski definition) is 5. The van der Waals surface area contributed by atoms with E-state index in [1.807, 2.05) is 10.6 Å². The highest BCUT2D eigenvalue weighted by Crippen LogP contribution is 2.31. The molecule has 1 aromatic carbocycles. The van der Waals surface area contributed by atoms with Crippen LogP contribution in [0, 0.1) is 17.5 Å². The van der Waals surface area contributed by atoms with Gasteiger partial charge in [-0.15, -0.1) is 0 Å². The SMILES string of the molecule is O=C(O)CNc1nc(Nc2c(F)ccc(F)c2F)cc(C(F)(F)F)n1. The van der Waals surface area contributed by atoms with Crippen LogP contribution in [0.5, 0.6) is 0 Å². The van der Waals surface area contributed by atoms with E-state index in [0.717, 1.165) is 0 Å². The van der Waals surface area contributed by atoms with E-state index in [0.29, 0.717) is 18.2 Å². The molecule has 1 heterocycles. The van der Waals surface area contributed by atoms with Gasteiger partial charge in [-0.25, -0.2) is 18.2 Å². The third-order valence-electron chi connectivity index (χ3n) is 2.71. The first-order chi connectivity index (χ1) is 11.6. The number of carbonyl (C=O) groups is 1. The lowest BCUT2D eigenvalue weighted by molar-refractivity contribution is -0.141. The number of aliphatic carboxylic acids is 1. The number of nitrogens with zero attached hydrogens (tertiary/aromatic N) is 2. The summed E-state index contributed by atoms with van der Waals surface area (Å²) in [5.41, 5.74) is -2.56. The minimum Gasteiger partial charge on any atom is -0.480 e. The van der Waals surface area contributed by atoms with Gasteiger partial charge in [-0.1, -0.05) is 0 Å². The Morgan fingerprint density at radius 3 is 2.36 bits per heavy atom. The molecule has 0 bridgehead atoms. The maximum atomic E-state index is 13.6. The smallest absolute Gasteiger partial charge is 0.433 e. The summed E-state index contributed by atoms with van der Waals surface area (Å²) in [6.07, 6.45) is -4.95. The maximum absolute atomic E-state index is 13.6. The van der Waals surface area contributed by atoms with Crippen molar-refractivity contribution < 1.29 is 36.2 Å². The average Bonchev–Trinajstić information content (AvgIpc) is 2.52. The van der Waals surface area contributed by atoms with Gasteiger partial charge in [0.25, 0.3) is 0 Å². The number of anilines is 3. The van der Waals surface area contributed by atoms with Crippen LogP contribution in [0.4, 0.5) is 43.8 Å². The molecule has 0 aliphatic carbocycles. The number of rotatable bonds is 5. The molecule has 1 aromatic heterocycles. The van der Waals surface area contributed by atoms with Gasteiger partial charge in [-0.3, -0.25) is 4.79 Å². The zero-order chi connectivity index (χ0) is 18.8. The minimum absolute atomic E-state index is 0.329. The molecular weight excluding hydrogens is 358 g/mol. The van der Waals surface area contributed by atoms with Gasteiger partial charge in [0.15, 0.2) is 17.3 Å². The van der Waals surface area contributed by atoms with Crippen LogP contribution in [0.25, 0.3) is 0 Å². The maximum Gasteiger partial charge on any atom is 0.433 e. The first-order valence-corrected chi connectivity index (χ1v) is 6.40. The summed E-state index contributed by atoms with van der Waals surface area (Å²) in [6.45, 7) is -0.802. The van der Waals surface area contributed by atoms with E-state index in [4.69, 9.17) is 5.11 Å². The molecule has 0 saturated carbocycles. The fourth-order valence-electron chi connectivity index (χ4n) is 1.66. The molecule has 0 fully saturated rings. The fraction of sp³-hybridized carbons (Fsp3) is 0.154. The number of aromatic nitrogens is 2. The van der Waals surface area contributed by atoms with Crippen molar-refractivity contribution in [3.63, 3.8) is 0 Å². The Hall–Kier alpha value is -3.05. The first-order valence-electron chi connectivity index (χ1n) is 6.40. The summed E-state index contributed by atoms with van der Waals surface area (Å²) in [4.78, 5) is 17.0. The molecule has 12 heteroatoms. The number of hydrogen-bond donors (Lipinski definition) is 3. The molecule has 0 aliphatic rings. The van der Waals surface area contributed by atoms with Crippen LogP contribution in [-0.2, 0) is 11.0 Å². The summed E-state index contributed by atoms with van der Waals surface area (Å²) in [5.74, 6) is -7.25. The van der Waals surface area contributed by atoms with Crippen molar-refractivity contribution in [3.8, 4) is 0 Å². The first kappa shape index (κ1) is 18.3. The van der Waals surface area contributed by atoms with Crippen molar-refractivity contribution in [2.75, 3.05) is 17.2 Å². The second-order valence-electron chi connectivity index (χ2n) is 4.55. The Balaban J connectivity index is 2.44. The number of nitrogens with one attached hydrogen (secondary N) is 2. The number of benzene rings is 1. The van der Waals surface area contributed by atoms with Gasteiger partial charge in [-0.05, 0) is 12.1 Å². The fourth-order valence-corrected chi connectivity index (χ4v) is 1.66. The Morgan fingerprint density at radius 1 is 1.12 bits per heavy atom. The van der Waals surface area contributed by atoms with Crippen LogP contribution < -0.4 is 10.6 Å². The summed E-state index contributed by atoms with van der Waals surface area (Å²) in [5, 5.41) is 12.4. The molecular formula is C13H8F6N4O2. The van der Waals surface area contributed by atoms with Crippen LogP contribution in [0.1, 0.15) is 5.69 Å². The van der Waals surface area contributed by atoms with Crippen LogP contribution in [0.15, 0.2) is 18.2 Å². The topological polar surface area (TPSA) is 87.1 Å². The van der Waals surface area contributed by atoms with Gasteiger partial charge in [0.1, 0.15) is 23.9 Å². The zero-order valence-electron chi connectivity index (χ0n) is 12.0. The average molecular weight is 366 g/mol. The second kappa shape index (κ2) is 6.83. The number of alkyl halides is 3. The molecule has 134 valence electrons. The molecule has 0 saturated heterocycles. The molecule has 2 aromatic rings. The monoisotopic (exact) mass is 366 g/mol. The lowest BCUT2D eigenvalue weighted by atomic mass is 10.2. The van der Waals surface area contributed by atoms with Crippen LogP contribution in [-0.4, -0.2) is 27.6 Å². The molecule has 3 N–H and O–H groups in total. The summed E-state index contributed by atoms with van der Waals surface area (Å²) >= 11 is 0. The summed E-state index contributed by atoms with van der Waals surface area (Å²) < 4.78 is 78.8. The van der Waals surface area contributed by atoms with Gasteiger partial charge in [-0.2, -0.15) is 18.2 Å². The largest absolute Gasteiger partial charge is 0.480 e. The van der Waals surface area contributed by atoms with Crippen molar-refractivity contribution in [3.05, 3.63) is 41.3 Å². The van der Waals surface area contributed by atoms with E-state index in [1.165, 1.54) is 0 Å². The van der Waals surface area contributed by atoms with Crippen molar-refractivity contribution in [1.29, 1.82) is 0 Å². The summed E-state index contributed by atoms with van der Waals surface area (Å²) in [7, 11) is 0. The van der Waals surface area contributed by atoms with Crippen LogP contribution in [0.2, 0.25) is 0 Å². The van der Waals surface area contributed by atoms with Crippen molar-refractivity contribution >= 4 is 23.4 Å². The predicted octanol–water partition coefficient (Wildman–Crippen LogP) is 3.15. The molecule has 0 unspecified atom stereocenters. The number of carboxylic acids is 1. The quantitative estimate of drug-likeness (QED) is 0.557. The molecule has 25 heavy (non-hydrogen) atoms. The molecule has 6 nitrogen and oxygen atoms in total. The minimum atomic E-state index is -4.95. The lowest BCUT2D eigenvalue weighted by Crippen LogP contribution is -2.17. The Labute approximate surface area is 135 Å². The van der Waals surface area contributed by atoms with E-state index in [9.17, 15) is 31.1 Å². The Morgan fingerprint density at radius 2 is 1.76 bits per heavy atom. The van der Waals surface area contributed by atoms with Gasteiger partial charge in [0.2, 0.25) is 5.95 Å². The third-order valence-corrected chi connectivity index (χ3v) is 2.71. The Kier molecular flexibility index (Phi) is 4.99. The van der Waals surface area contributed by atoms with Gasteiger partial charge >= 0.3 is 12.1 Å². The molecule has 0 aliphatic heterocycles. The van der Waals surface area contributed by atoms with Gasteiger partial charge in [0.05, 0.1) is 0 Å².